The molecule has 2 aromatic rings. The monoisotopic (exact) mass is 888 g/mol. The number of ether oxygens (including phenoxy) is 6. The highest BCUT2D eigenvalue weighted by atomic mass is 16.6. The third-order valence-corrected chi connectivity index (χ3v) is 8.34. The predicted octanol–water partition coefficient (Wildman–Crippen LogP) is 5.73. The molecular formula is C43H69N9O11. The molecule has 0 saturated heterocycles. The molecule has 352 valence electrons. The molecule has 1 aromatic heterocycles. The van der Waals surface area contributed by atoms with Crippen LogP contribution in [-0.2, 0) is 30.2 Å². The van der Waals surface area contributed by atoms with Crippen molar-refractivity contribution in [3.8, 4) is 17.2 Å². The van der Waals surface area contributed by atoms with Crippen LogP contribution in [0.1, 0.15) is 125 Å². The summed E-state index contributed by atoms with van der Waals surface area (Å²) in [6.07, 6.45) is 4.03. The van der Waals surface area contributed by atoms with Gasteiger partial charge in [-0.05, 0) is 106 Å². The van der Waals surface area contributed by atoms with Gasteiger partial charge in [-0.3, -0.25) is 25.2 Å². The Hall–Kier alpha value is -6.08. The summed E-state index contributed by atoms with van der Waals surface area (Å²) in [6, 6.07) is 2.66. The SMILES string of the molecule is COc1cc(Cc2cnc(N)nc2N)cc(OC)c1OCC(=O)NCCCCCCCC(=O)[C@H](CCCN=C(NC(=O)OC(C)(C)C)NC(=O)OC(C)(C)C)NC(=O)OC(C)(C)C. The zero-order valence-electron chi connectivity index (χ0n) is 38.8. The van der Waals surface area contributed by atoms with E-state index < -0.39 is 41.1 Å². The Morgan fingerprint density at radius 2 is 1.29 bits per heavy atom. The largest absolute Gasteiger partial charge is 0.493 e. The van der Waals surface area contributed by atoms with E-state index in [4.69, 9.17) is 39.9 Å². The van der Waals surface area contributed by atoms with Crippen LogP contribution in [0.15, 0.2) is 23.3 Å². The zero-order valence-corrected chi connectivity index (χ0v) is 38.8. The van der Waals surface area contributed by atoms with Crippen molar-refractivity contribution in [3.63, 3.8) is 0 Å². The van der Waals surface area contributed by atoms with Crippen LogP contribution in [0.25, 0.3) is 0 Å². The van der Waals surface area contributed by atoms with Crippen molar-refractivity contribution in [3.05, 3.63) is 29.5 Å². The van der Waals surface area contributed by atoms with Crippen molar-refractivity contribution in [2.24, 2.45) is 4.99 Å². The summed E-state index contributed by atoms with van der Waals surface area (Å²) < 4.78 is 32.8. The molecule has 0 aliphatic rings. The minimum absolute atomic E-state index is 0.0810. The molecule has 8 N–H and O–H groups in total. The number of aromatic nitrogens is 2. The molecule has 20 nitrogen and oxygen atoms in total. The number of nitrogens with zero attached hydrogens (tertiary/aromatic N) is 3. The van der Waals surface area contributed by atoms with Crippen LogP contribution in [0.4, 0.5) is 26.1 Å². The fraction of sp³-hybridized carbons (Fsp3) is 0.628. The van der Waals surface area contributed by atoms with Crippen molar-refractivity contribution < 1.29 is 52.4 Å². The number of hydrogen-bond acceptors (Lipinski definition) is 16. The van der Waals surface area contributed by atoms with Crippen LogP contribution in [0.3, 0.4) is 0 Å². The minimum Gasteiger partial charge on any atom is -0.493 e. The van der Waals surface area contributed by atoms with Gasteiger partial charge in [0.05, 0.1) is 20.3 Å². The van der Waals surface area contributed by atoms with Gasteiger partial charge in [0.1, 0.15) is 22.6 Å². The first kappa shape index (κ1) is 53.1. The van der Waals surface area contributed by atoms with E-state index in [-0.39, 0.29) is 61.2 Å². The topological polar surface area (TPSA) is 279 Å². The molecule has 2 rings (SSSR count). The predicted molar refractivity (Wildman–Crippen MR) is 238 cm³/mol. The standard InChI is InChI=1S/C43H69N9O11/c1-41(2,3)61-38(55)49-29(18-17-21-47-37(51-39(56)62-42(4,5)6)52-40(57)63-43(7,8)9)30(53)19-15-13-12-14-16-20-46-33(54)26-60-34-31(58-10)23-27(24-32(34)59-11)22-28-25-48-36(45)50-35(28)44/h23-25,29H,12-22,26H2,1-11H3,(H,46,54)(H,49,55)(H4,44,45,48,50)(H2,47,51,52,56,57)/t29-/m0/s1. The highest BCUT2D eigenvalue weighted by Crippen LogP contribution is 2.39. The Morgan fingerprint density at radius 1 is 0.746 bits per heavy atom. The molecular weight excluding hydrogens is 819 g/mol. The first-order valence-electron chi connectivity index (χ1n) is 21.0. The van der Waals surface area contributed by atoms with Gasteiger partial charge < -0.3 is 50.5 Å². The number of carbonyl (C=O) groups excluding carboxylic acids is 5. The van der Waals surface area contributed by atoms with E-state index in [2.05, 4.69) is 36.2 Å². The Balaban J connectivity index is 1.87. The second-order valence-electron chi connectivity index (χ2n) is 17.6. The Bertz CT molecular complexity index is 1810. The summed E-state index contributed by atoms with van der Waals surface area (Å²) in [6.45, 7) is 15.6. The molecule has 1 atom stereocenters. The average molecular weight is 888 g/mol. The maximum Gasteiger partial charge on any atom is 0.414 e. The first-order chi connectivity index (χ1) is 29.4. The molecule has 1 aromatic carbocycles. The Labute approximate surface area is 370 Å². The number of guanidine groups is 1. The first-order valence-corrected chi connectivity index (χ1v) is 21.0. The number of nitrogens with one attached hydrogen (secondary N) is 4. The molecule has 20 heteroatoms. The summed E-state index contributed by atoms with van der Waals surface area (Å²) in [5, 5.41) is 10.4. The molecule has 1 heterocycles. The van der Waals surface area contributed by atoms with Crippen LogP contribution in [0.5, 0.6) is 17.2 Å². The van der Waals surface area contributed by atoms with Crippen LogP contribution in [0.2, 0.25) is 0 Å². The van der Waals surface area contributed by atoms with E-state index in [0.717, 1.165) is 31.2 Å². The lowest BCUT2D eigenvalue weighted by Gasteiger charge is -2.23. The van der Waals surface area contributed by atoms with Gasteiger partial charge in [-0.15, -0.1) is 0 Å². The lowest BCUT2D eigenvalue weighted by Crippen LogP contribution is -2.47. The normalized spacial score (nSPS) is 11.9. The third kappa shape index (κ3) is 22.5. The number of rotatable bonds is 21. The molecule has 0 bridgehead atoms. The number of aliphatic imine (C=N–C) groups is 1. The van der Waals surface area contributed by atoms with Gasteiger partial charge in [0.25, 0.3) is 5.91 Å². The van der Waals surface area contributed by atoms with Crippen molar-refractivity contribution in [2.75, 3.05) is 45.4 Å². The van der Waals surface area contributed by atoms with E-state index in [1.165, 1.54) is 14.2 Å². The van der Waals surface area contributed by atoms with E-state index in [0.29, 0.717) is 42.9 Å². The molecule has 0 fully saturated rings. The number of Topliss-reactive ketones (excluding diaryl/α,β-unsaturated/α-hetero) is 1. The molecule has 0 spiro atoms. The molecule has 0 unspecified atom stereocenters. The van der Waals surface area contributed by atoms with Crippen LogP contribution in [-0.4, -0.2) is 103 Å². The molecule has 0 aliphatic carbocycles. The highest BCUT2D eigenvalue weighted by molar-refractivity contribution is 6.01. The van der Waals surface area contributed by atoms with Gasteiger partial charge in [0.2, 0.25) is 17.7 Å². The van der Waals surface area contributed by atoms with Crippen LogP contribution >= 0.6 is 0 Å². The van der Waals surface area contributed by atoms with Crippen molar-refractivity contribution in [1.29, 1.82) is 0 Å². The number of alkyl carbamates (subject to hydrolysis) is 3. The van der Waals surface area contributed by atoms with Crippen LogP contribution < -0.4 is 46.9 Å². The molecule has 4 amide bonds. The van der Waals surface area contributed by atoms with Gasteiger partial charge in [-0.25, -0.2) is 19.4 Å². The lowest BCUT2D eigenvalue weighted by atomic mass is 10.0. The smallest absolute Gasteiger partial charge is 0.414 e. The third-order valence-electron chi connectivity index (χ3n) is 8.34. The number of unbranched alkanes of at least 4 members (excludes halogenated alkanes) is 4. The second-order valence-corrected chi connectivity index (χ2v) is 17.6. The van der Waals surface area contributed by atoms with E-state index in [9.17, 15) is 24.0 Å². The molecule has 0 saturated carbocycles. The summed E-state index contributed by atoms with van der Waals surface area (Å²) in [4.78, 5) is 75.8. The van der Waals surface area contributed by atoms with Crippen molar-refractivity contribution >= 4 is 47.7 Å². The number of anilines is 2. The Kier molecular flexibility index (Phi) is 21.2. The average Bonchev–Trinajstić information content (AvgIpc) is 3.14. The van der Waals surface area contributed by atoms with Gasteiger partial charge in [0.15, 0.2) is 23.9 Å². The molecule has 0 aliphatic heterocycles. The van der Waals surface area contributed by atoms with Gasteiger partial charge in [0, 0.05) is 37.7 Å². The number of nitrogens with two attached hydrogens (primary N) is 2. The maximum absolute atomic E-state index is 13.4. The number of nitrogen functional groups attached to an aromatic ring is 2. The maximum atomic E-state index is 13.4. The van der Waals surface area contributed by atoms with Crippen LogP contribution in [0, 0.1) is 0 Å². The number of amides is 4. The summed E-state index contributed by atoms with van der Waals surface area (Å²) in [5.74, 6) is 0.706. The second kappa shape index (κ2) is 25.1. The van der Waals surface area contributed by atoms with Gasteiger partial charge in [-0.1, -0.05) is 19.3 Å². The Morgan fingerprint density at radius 3 is 1.83 bits per heavy atom. The van der Waals surface area contributed by atoms with E-state index >= 15 is 0 Å². The number of ketones is 1. The minimum atomic E-state index is -0.851. The summed E-state index contributed by atoms with van der Waals surface area (Å²) >= 11 is 0. The van der Waals surface area contributed by atoms with Crippen molar-refractivity contribution in [2.45, 2.75) is 143 Å². The highest BCUT2D eigenvalue weighted by Gasteiger charge is 2.25. The number of hydrogen-bond donors (Lipinski definition) is 6. The van der Waals surface area contributed by atoms with Gasteiger partial charge >= 0.3 is 18.3 Å². The summed E-state index contributed by atoms with van der Waals surface area (Å²) in [5.41, 5.74) is 10.7. The summed E-state index contributed by atoms with van der Waals surface area (Å²) in [7, 11) is 2.97. The molecule has 63 heavy (non-hydrogen) atoms. The van der Waals surface area contributed by atoms with E-state index in [1.54, 1.807) is 80.6 Å². The number of methoxy groups -OCH3 is 2. The van der Waals surface area contributed by atoms with Gasteiger partial charge in [-0.2, -0.15) is 4.98 Å². The number of carbonyl (C=O) groups is 5. The fourth-order valence-corrected chi connectivity index (χ4v) is 5.67. The quantitative estimate of drug-likeness (QED) is 0.0378. The molecule has 0 radical (unpaired) electrons. The zero-order chi connectivity index (χ0) is 47.4. The fourth-order valence-electron chi connectivity index (χ4n) is 5.67. The van der Waals surface area contributed by atoms with E-state index in [1.807, 2.05) is 0 Å². The van der Waals surface area contributed by atoms with Crippen molar-refractivity contribution in [1.82, 2.24) is 31.2 Å². The lowest BCUT2D eigenvalue weighted by molar-refractivity contribution is -0.123. The number of benzene rings is 1.